The van der Waals surface area contributed by atoms with Gasteiger partial charge in [0.2, 0.25) is 0 Å². The van der Waals surface area contributed by atoms with Crippen molar-refractivity contribution in [3.05, 3.63) is 0 Å². The smallest absolute Gasteiger partial charge is 0.0579 e. The van der Waals surface area contributed by atoms with E-state index >= 15 is 0 Å². The Bertz CT molecular complexity index is 328. The molecule has 0 atom stereocenters. The third kappa shape index (κ3) is 5.02. The van der Waals surface area contributed by atoms with Crippen LogP contribution in [0.1, 0.15) is 116 Å². The molecule has 144 valence electrons. The maximum atomic E-state index is 6.60. The minimum atomic E-state index is 0.607. The van der Waals surface area contributed by atoms with Crippen LogP contribution in [0.15, 0.2) is 0 Å². The summed E-state index contributed by atoms with van der Waals surface area (Å²) in [6.07, 6.45) is 27.7. The number of hydrogen-bond acceptors (Lipinski definition) is 1. The summed E-state index contributed by atoms with van der Waals surface area (Å²) in [4.78, 5) is 0. The Balaban J connectivity index is 1.14. The molecule has 1 heteroatoms. The summed E-state index contributed by atoms with van der Waals surface area (Å²) in [5, 5.41) is 0. The van der Waals surface area contributed by atoms with Crippen LogP contribution in [0.4, 0.5) is 0 Å². The standard InChI is InChI=1S/C24H42O/c1-3-7-19(8-4-1)21-11-15-23(16-12-21)25-24-17-13-22(14-18-24)20-9-5-2-6-10-20/h19-24H,1-18H2. The Hall–Kier alpha value is -0.0400. The summed E-state index contributed by atoms with van der Waals surface area (Å²) >= 11 is 0. The SMILES string of the molecule is C1CCC(C2CCC(OC3CCC(C4CCCCC4)CC3)CC2)CC1. The van der Waals surface area contributed by atoms with Gasteiger partial charge < -0.3 is 4.74 Å². The summed E-state index contributed by atoms with van der Waals surface area (Å²) < 4.78 is 6.60. The van der Waals surface area contributed by atoms with Crippen molar-refractivity contribution in [3.63, 3.8) is 0 Å². The maximum Gasteiger partial charge on any atom is 0.0579 e. The van der Waals surface area contributed by atoms with Crippen molar-refractivity contribution in [1.29, 1.82) is 0 Å². The molecule has 25 heavy (non-hydrogen) atoms. The Morgan fingerprint density at radius 2 is 0.640 bits per heavy atom. The highest BCUT2D eigenvalue weighted by Gasteiger charge is 2.32. The molecule has 0 N–H and O–H groups in total. The minimum Gasteiger partial charge on any atom is -0.375 e. The van der Waals surface area contributed by atoms with Gasteiger partial charge in [-0.25, -0.2) is 0 Å². The second-order valence-electron chi connectivity index (χ2n) is 10.0. The molecule has 0 aliphatic heterocycles. The monoisotopic (exact) mass is 346 g/mol. The van der Waals surface area contributed by atoms with E-state index in [0.29, 0.717) is 12.2 Å². The summed E-state index contributed by atoms with van der Waals surface area (Å²) in [7, 11) is 0. The molecular formula is C24H42O. The molecule has 0 aromatic rings. The van der Waals surface area contributed by atoms with Crippen LogP contribution in [0.2, 0.25) is 0 Å². The van der Waals surface area contributed by atoms with Gasteiger partial charge in [0, 0.05) is 0 Å². The Kier molecular flexibility index (Phi) is 6.78. The molecule has 4 saturated carbocycles. The van der Waals surface area contributed by atoms with Crippen LogP contribution in [-0.4, -0.2) is 12.2 Å². The summed E-state index contributed by atoms with van der Waals surface area (Å²) in [6, 6.07) is 0. The second kappa shape index (κ2) is 9.25. The Morgan fingerprint density at radius 3 is 1.00 bits per heavy atom. The average molecular weight is 347 g/mol. The normalized spacial score (nSPS) is 39.4. The first-order chi connectivity index (χ1) is 12.4. The molecule has 0 bridgehead atoms. The maximum absolute atomic E-state index is 6.60. The predicted octanol–water partition coefficient (Wildman–Crippen LogP) is 7.28. The van der Waals surface area contributed by atoms with Gasteiger partial charge in [-0.1, -0.05) is 64.2 Å². The highest BCUT2D eigenvalue weighted by molar-refractivity contribution is 4.83. The van der Waals surface area contributed by atoms with Crippen molar-refractivity contribution in [1.82, 2.24) is 0 Å². The molecule has 4 aliphatic rings. The molecule has 0 saturated heterocycles. The molecule has 0 aromatic carbocycles. The number of ether oxygens (including phenoxy) is 1. The van der Waals surface area contributed by atoms with Crippen LogP contribution < -0.4 is 0 Å². The van der Waals surface area contributed by atoms with E-state index in [1.54, 1.807) is 0 Å². The molecule has 0 radical (unpaired) electrons. The third-order valence-corrected chi connectivity index (χ3v) is 8.46. The van der Waals surface area contributed by atoms with Crippen LogP contribution in [0.3, 0.4) is 0 Å². The molecule has 4 fully saturated rings. The fourth-order valence-corrected chi connectivity index (χ4v) is 6.88. The zero-order chi connectivity index (χ0) is 16.9. The van der Waals surface area contributed by atoms with Gasteiger partial charge in [-0.2, -0.15) is 0 Å². The van der Waals surface area contributed by atoms with Gasteiger partial charge in [0.15, 0.2) is 0 Å². The third-order valence-electron chi connectivity index (χ3n) is 8.46. The van der Waals surface area contributed by atoms with Crippen molar-refractivity contribution in [2.75, 3.05) is 0 Å². The molecule has 0 unspecified atom stereocenters. The first-order valence-corrected chi connectivity index (χ1v) is 12.0. The van der Waals surface area contributed by atoms with E-state index in [2.05, 4.69) is 0 Å². The van der Waals surface area contributed by atoms with Crippen molar-refractivity contribution in [2.45, 2.75) is 128 Å². The molecule has 0 amide bonds. The first-order valence-electron chi connectivity index (χ1n) is 12.0. The van der Waals surface area contributed by atoms with E-state index in [1.807, 2.05) is 0 Å². The lowest BCUT2D eigenvalue weighted by Gasteiger charge is -2.39. The predicted molar refractivity (Wildman–Crippen MR) is 106 cm³/mol. The first kappa shape index (κ1) is 18.3. The quantitative estimate of drug-likeness (QED) is 0.519. The zero-order valence-electron chi connectivity index (χ0n) is 16.6. The second-order valence-corrected chi connectivity index (χ2v) is 10.0. The van der Waals surface area contributed by atoms with E-state index in [1.165, 1.54) is 116 Å². The minimum absolute atomic E-state index is 0.607. The van der Waals surface area contributed by atoms with E-state index < -0.39 is 0 Å². The van der Waals surface area contributed by atoms with Gasteiger partial charge in [0.1, 0.15) is 0 Å². The zero-order valence-corrected chi connectivity index (χ0v) is 16.6. The molecule has 0 heterocycles. The van der Waals surface area contributed by atoms with Crippen LogP contribution in [0, 0.1) is 23.7 Å². The summed E-state index contributed by atoms with van der Waals surface area (Å²) in [5.41, 5.74) is 0. The van der Waals surface area contributed by atoms with Crippen LogP contribution in [0.25, 0.3) is 0 Å². The Morgan fingerprint density at radius 1 is 0.320 bits per heavy atom. The van der Waals surface area contributed by atoms with Crippen LogP contribution in [-0.2, 0) is 4.74 Å². The van der Waals surface area contributed by atoms with E-state index in [-0.39, 0.29) is 0 Å². The van der Waals surface area contributed by atoms with E-state index in [4.69, 9.17) is 4.74 Å². The van der Waals surface area contributed by atoms with E-state index in [0.717, 1.165) is 23.7 Å². The lowest BCUT2D eigenvalue weighted by molar-refractivity contribution is -0.0641. The summed E-state index contributed by atoms with van der Waals surface area (Å²) in [5.74, 6) is 4.23. The van der Waals surface area contributed by atoms with Crippen LogP contribution in [0.5, 0.6) is 0 Å². The topological polar surface area (TPSA) is 9.23 Å². The number of rotatable bonds is 4. The van der Waals surface area contributed by atoms with Gasteiger partial charge in [-0.3, -0.25) is 0 Å². The van der Waals surface area contributed by atoms with Crippen molar-refractivity contribution in [3.8, 4) is 0 Å². The number of hydrogen-bond donors (Lipinski definition) is 0. The van der Waals surface area contributed by atoms with Gasteiger partial charge in [-0.15, -0.1) is 0 Å². The van der Waals surface area contributed by atoms with Crippen molar-refractivity contribution in [2.24, 2.45) is 23.7 Å². The van der Waals surface area contributed by atoms with Gasteiger partial charge >= 0.3 is 0 Å². The van der Waals surface area contributed by atoms with Crippen molar-refractivity contribution < 1.29 is 4.74 Å². The fourth-order valence-electron chi connectivity index (χ4n) is 6.88. The molecule has 4 rings (SSSR count). The van der Waals surface area contributed by atoms with Gasteiger partial charge in [0.25, 0.3) is 0 Å². The molecule has 0 aromatic heterocycles. The van der Waals surface area contributed by atoms with Gasteiger partial charge in [-0.05, 0) is 75.0 Å². The van der Waals surface area contributed by atoms with E-state index in [9.17, 15) is 0 Å². The molecule has 0 spiro atoms. The Labute approximate surface area is 156 Å². The average Bonchev–Trinajstić information content (AvgIpc) is 2.71. The molecule has 1 nitrogen and oxygen atoms in total. The summed E-state index contributed by atoms with van der Waals surface area (Å²) in [6.45, 7) is 0. The van der Waals surface area contributed by atoms with Crippen LogP contribution >= 0.6 is 0 Å². The lowest BCUT2D eigenvalue weighted by Crippen LogP contribution is -2.33. The van der Waals surface area contributed by atoms with Crippen molar-refractivity contribution >= 4 is 0 Å². The molecule has 4 aliphatic carbocycles. The largest absolute Gasteiger partial charge is 0.375 e. The van der Waals surface area contributed by atoms with Gasteiger partial charge in [0.05, 0.1) is 12.2 Å². The fraction of sp³-hybridized carbons (Fsp3) is 1.00. The highest BCUT2D eigenvalue weighted by atomic mass is 16.5. The highest BCUT2D eigenvalue weighted by Crippen LogP contribution is 2.41. The molecular weight excluding hydrogens is 304 g/mol. The lowest BCUT2D eigenvalue weighted by atomic mass is 9.72.